The Bertz CT molecular complexity index is 408. The molecule has 0 aliphatic heterocycles. The Morgan fingerprint density at radius 2 is 1.84 bits per heavy atom. The van der Waals surface area contributed by atoms with Crippen LogP contribution < -0.4 is 5.11 Å². The molecule has 1 aromatic carbocycles. The van der Waals surface area contributed by atoms with Crippen LogP contribution in [0.2, 0.25) is 5.02 Å². The molecule has 0 atom stereocenters. The van der Waals surface area contributed by atoms with Crippen LogP contribution in [0.4, 0.5) is 13.2 Å². The molecule has 0 saturated carbocycles. The van der Waals surface area contributed by atoms with Gasteiger partial charge in [-0.05, 0) is 11.6 Å². The topological polar surface area (TPSA) is 54.2 Å². The molecule has 0 bridgehead atoms. The summed E-state index contributed by atoms with van der Waals surface area (Å²) in [4.78, 5) is 8.78. The molecule has 0 unspecified atom stereocenters. The molecule has 0 aliphatic carbocycles. The van der Waals surface area contributed by atoms with Gasteiger partial charge < -0.3 is 15.2 Å². The Labute approximate surface area is 114 Å². The zero-order chi connectivity index (χ0) is 15.1. The minimum atomic E-state index is -5.19. The quantitative estimate of drug-likeness (QED) is 0.861. The van der Waals surface area contributed by atoms with E-state index >= 15 is 0 Å². The van der Waals surface area contributed by atoms with Crippen molar-refractivity contribution in [2.24, 2.45) is 0 Å². The highest BCUT2D eigenvalue weighted by atomic mass is 35.5. The molecule has 0 aliphatic rings. The van der Waals surface area contributed by atoms with Gasteiger partial charge in [-0.25, -0.2) is 0 Å². The van der Waals surface area contributed by atoms with E-state index in [0.717, 1.165) is 17.1 Å². The van der Waals surface area contributed by atoms with E-state index in [1.165, 1.54) is 0 Å². The predicted molar refractivity (Wildman–Crippen MR) is 64.7 cm³/mol. The second kappa shape index (κ2) is 8.01. The van der Waals surface area contributed by atoms with Crippen LogP contribution in [0, 0.1) is 0 Å². The van der Waals surface area contributed by atoms with Gasteiger partial charge in [0.05, 0.1) is 0 Å². The van der Waals surface area contributed by atoms with Crippen molar-refractivity contribution in [3.63, 3.8) is 0 Å². The first-order valence-corrected chi connectivity index (χ1v) is 5.70. The van der Waals surface area contributed by atoms with E-state index < -0.39 is 12.1 Å². The van der Waals surface area contributed by atoms with E-state index in [1.54, 1.807) is 0 Å². The van der Waals surface area contributed by atoms with Crippen LogP contribution in [0.25, 0.3) is 5.32 Å². The lowest BCUT2D eigenvalue weighted by Gasteiger charge is -2.24. The number of nitrogens with zero attached hydrogens (tertiary/aromatic N) is 1. The maximum absolute atomic E-state index is 10.5. The average Bonchev–Trinajstić information content (AvgIpc) is 2.27. The van der Waals surface area contributed by atoms with E-state index in [1.807, 2.05) is 24.3 Å². The van der Waals surface area contributed by atoms with Gasteiger partial charge in [0, 0.05) is 5.02 Å². The molecule has 0 radical (unpaired) electrons. The molecule has 0 N–H and O–H groups in total. The van der Waals surface area contributed by atoms with Crippen molar-refractivity contribution in [3.8, 4) is 0 Å². The summed E-state index contributed by atoms with van der Waals surface area (Å²) in [6, 6.07) is 8.19. The summed E-state index contributed by atoms with van der Waals surface area (Å²) in [6.07, 6.45) is -5.19. The van der Waals surface area contributed by atoms with Crippen LogP contribution in [-0.2, 0) is 11.3 Å². The first kappa shape index (κ1) is 17.7. The number of carbonyl (C=O) groups excluding carboxylic acids is 1. The normalized spacial score (nSPS) is 10.9. The zero-order valence-electron chi connectivity index (χ0n) is 10.4. The molecule has 0 fully saturated rings. The number of carboxylic acid groups (broad SMARTS) is 1. The number of alkyl halides is 3. The van der Waals surface area contributed by atoms with E-state index in [2.05, 4.69) is 19.2 Å². The molecule has 108 valence electrons. The number of hydrogen-bond donors (Lipinski definition) is 0. The molecule has 0 amide bonds. The number of halogens is 4. The lowest BCUT2D eigenvalue weighted by Crippen LogP contribution is -2.37. The number of rotatable bonds is 3. The van der Waals surface area contributed by atoms with Gasteiger partial charge in [0.15, 0.2) is 0 Å². The molecule has 1 aromatic rings. The van der Waals surface area contributed by atoms with Crippen LogP contribution in [0.5, 0.6) is 0 Å². The van der Waals surface area contributed by atoms with Crippen molar-refractivity contribution in [1.29, 1.82) is 0 Å². The highest BCUT2D eigenvalue weighted by molar-refractivity contribution is 6.31. The number of hydrogen-bond acceptors (Lipinski definition) is 2. The van der Waals surface area contributed by atoms with Crippen LogP contribution in [0.1, 0.15) is 19.4 Å². The van der Waals surface area contributed by atoms with Crippen molar-refractivity contribution in [2.45, 2.75) is 32.6 Å². The first-order chi connectivity index (χ1) is 8.64. The van der Waals surface area contributed by atoms with Gasteiger partial charge >= 0.3 is 6.18 Å². The number of aliphatic carboxylic acids is 1. The van der Waals surface area contributed by atoms with Gasteiger partial charge in [0.1, 0.15) is 5.97 Å². The minimum absolute atomic E-state index is 0.376. The van der Waals surface area contributed by atoms with E-state index in [4.69, 9.17) is 21.5 Å². The predicted octanol–water partition coefficient (Wildman–Crippen LogP) is 2.92. The average molecular weight is 296 g/mol. The van der Waals surface area contributed by atoms with Gasteiger partial charge in [0.25, 0.3) is 0 Å². The summed E-state index contributed by atoms with van der Waals surface area (Å²) in [5.74, 6) is -3.01. The summed E-state index contributed by atoms with van der Waals surface area (Å²) in [5, 5.41) is 14.0. The Balaban J connectivity index is 0.000000399. The molecular weight excluding hydrogens is 283 g/mol. The first-order valence-electron chi connectivity index (χ1n) is 5.32. The lowest BCUT2D eigenvalue weighted by molar-refractivity contribution is -0.344. The Kier molecular flexibility index (Phi) is 7.48. The molecule has 3 nitrogen and oxygen atoms in total. The monoisotopic (exact) mass is 295 g/mol. The van der Waals surface area contributed by atoms with Crippen LogP contribution in [0.3, 0.4) is 0 Å². The van der Waals surface area contributed by atoms with E-state index in [9.17, 15) is 13.2 Å². The summed E-state index contributed by atoms with van der Waals surface area (Å²) >= 11 is 5.95. The third kappa shape index (κ3) is 8.45. The molecule has 0 heterocycles. The molecular formula is C12H13ClF3NO2-2. The van der Waals surface area contributed by atoms with Crippen molar-refractivity contribution >= 4 is 17.6 Å². The van der Waals surface area contributed by atoms with Gasteiger partial charge in [-0.2, -0.15) is 13.2 Å². The summed E-state index contributed by atoms with van der Waals surface area (Å²) < 4.78 is 31.5. The Morgan fingerprint density at radius 3 is 2.21 bits per heavy atom. The van der Waals surface area contributed by atoms with Crippen molar-refractivity contribution in [2.75, 3.05) is 0 Å². The number of carboxylic acids is 1. The van der Waals surface area contributed by atoms with Gasteiger partial charge in [-0.1, -0.05) is 43.6 Å². The third-order valence-electron chi connectivity index (χ3n) is 1.82. The molecule has 0 spiro atoms. The molecule has 0 saturated heterocycles. The minimum Gasteiger partial charge on any atom is -0.656 e. The Hall–Kier alpha value is -1.27. The van der Waals surface area contributed by atoms with Crippen molar-refractivity contribution in [1.82, 2.24) is 0 Å². The summed E-state index contributed by atoms with van der Waals surface area (Å²) in [6.45, 7) is 4.85. The Morgan fingerprint density at radius 1 is 1.37 bits per heavy atom. The summed E-state index contributed by atoms with van der Waals surface area (Å²) in [7, 11) is 0. The smallest absolute Gasteiger partial charge is 0.430 e. The zero-order valence-corrected chi connectivity index (χ0v) is 11.1. The van der Waals surface area contributed by atoms with Crippen LogP contribution in [-0.4, -0.2) is 18.2 Å². The van der Waals surface area contributed by atoms with E-state index in [0.29, 0.717) is 6.04 Å². The number of carbonyl (C=O) groups is 1. The van der Waals surface area contributed by atoms with Gasteiger partial charge in [0.2, 0.25) is 0 Å². The molecule has 7 heteroatoms. The largest absolute Gasteiger partial charge is 0.656 e. The standard InChI is InChI=1S/C10H13ClN.C2HF3O2/c1-8(2)12-7-9-5-3-4-6-10(9)11;3-2(4,5)1(6)7/h3-6,8H,7H2,1-2H3;(H,6,7)/q-1;/p-1. The van der Waals surface area contributed by atoms with Crippen molar-refractivity contribution < 1.29 is 23.1 Å². The fourth-order valence-corrected chi connectivity index (χ4v) is 1.10. The highest BCUT2D eigenvalue weighted by Gasteiger charge is 2.28. The van der Waals surface area contributed by atoms with Gasteiger partial charge in [-0.3, -0.25) is 0 Å². The molecule has 19 heavy (non-hydrogen) atoms. The second-order valence-electron chi connectivity index (χ2n) is 3.81. The lowest BCUT2D eigenvalue weighted by atomic mass is 10.2. The van der Waals surface area contributed by atoms with Crippen LogP contribution >= 0.6 is 11.6 Å². The second-order valence-corrected chi connectivity index (χ2v) is 4.22. The van der Waals surface area contributed by atoms with E-state index in [-0.39, 0.29) is 0 Å². The fourth-order valence-electron chi connectivity index (χ4n) is 0.908. The van der Waals surface area contributed by atoms with Crippen LogP contribution in [0.15, 0.2) is 24.3 Å². The fraction of sp³-hybridized carbons (Fsp3) is 0.417. The molecule has 1 rings (SSSR count). The SMILES string of the molecule is CC(C)[N-]Cc1ccccc1Cl.O=C([O-])C(F)(F)F. The van der Waals surface area contributed by atoms with Crippen molar-refractivity contribution in [3.05, 3.63) is 40.2 Å². The van der Waals surface area contributed by atoms with Gasteiger partial charge in [-0.15, -0.1) is 12.6 Å². The third-order valence-corrected chi connectivity index (χ3v) is 2.18. The summed E-state index contributed by atoms with van der Waals surface area (Å²) in [5.41, 5.74) is 1.10. The maximum Gasteiger partial charge on any atom is 0.430 e. The molecule has 0 aromatic heterocycles. The highest BCUT2D eigenvalue weighted by Crippen LogP contribution is 2.18. The number of benzene rings is 1. The maximum atomic E-state index is 10.5.